The van der Waals surface area contributed by atoms with E-state index in [2.05, 4.69) is 19.1 Å². The van der Waals surface area contributed by atoms with Crippen LogP contribution in [0.4, 0.5) is 8.78 Å². The monoisotopic (exact) mass is 320 g/mol. The quantitative estimate of drug-likeness (QED) is 0.423. The second-order valence-corrected chi connectivity index (χ2v) is 6.08. The molecule has 1 unspecified atom stereocenters. The number of allylic oxidation sites excluding steroid dienone is 4. The van der Waals surface area contributed by atoms with E-state index in [1.165, 1.54) is 0 Å². The zero-order chi connectivity index (χ0) is 16.7. The van der Waals surface area contributed by atoms with Gasteiger partial charge in [0.2, 0.25) is 5.82 Å². The summed E-state index contributed by atoms with van der Waals surface area (Å²) >= 11 is 0. The zero-order valence-corrected chi connectivity index (χ0v) is 14.1. The highest BCUT2D eigenvalue weighted by molar-refractivity contribution is 5.67. The summed E-state index contributed by atoms with van der Waals surface area (Å²) in [7, 11) is 0. The molecule has 3 heteroatoms. The SMILES string of the molecule is C/C=C/C1CC=C(c2ccc(OCCCCC)c(F)c2F)CC1. The Kier molecular flexibility index (Phi) is 6.82. The first kappa shape index (κ1) is 17.7. The van der Waals surface area contributed by atoms with Gasteiger partial charge in [-0.1, -0.05) is 38.0 Å². The van der Waals surface area contributed by atoms with Gasteiger partial charge in [-0.3, -0.25) is 0 Å². The maximum atomic E-state index is 14.4. The molecule has 1 aromatic carbocycles. The summed E-state index contributed by atoms with van der Waals surface area (Å²) in [5.74, 6) is -1.12. The average molecular weight is 320 g/mol. The molecule has 0 radical (unpaired) electrons. The van der Waals surface area contributed by atoms with Crippen molar-refractivity contribution in [2.45, 2.75) is 52.4 Å². The standard InChI is InChI=1S/C20H26F2O/c1-3-5-6-14-23-18-13-12-17(19(21)20(18)22)16-10-8-15(7-4-2)9-11-16/h4,7,10,12-13,15H,3,5-6,8-9,11,14H2,1-2H3/b7-4+. The summed E-state index contributed by atoms with van der Waals surface area (Å²) in [6.07, 6.45) is 11.9. The van der Waals surface area contributed by atoms with Crippen LogP contribution in [0.2, 0.25) is 0 Å². The van der Waals surface area contributed by atoms with Crippen molar-refractivity contribution in [3.8, 4) is 5.75 Å². The Labute approximate surface area is 138 Å². The summed E-state index contributed by atoms with van der Waals surface area (Å²) in [4.78, 5) is 0. The predicted octanol–water partition coefficient (Wildman–Crippen LogP) is 6.29. The van der Waals surface area contributed by atoms with Crippen LogP contribution in [-0.4, -0.2) is 6.61 Å². The van der Waals surface area contributed by atoms with Gasteiger partial charge < -0.3 is 4.74 Å². The first-order chi connectivity index (χ1) is 11.2. The Hall–Kier alpha value is -1.64. The fraction of sp³-hybridized carbons (Fsp3) is 0.500. The second kappa shape index (κ2) is 8.85. The van der Waals surface area contributed by atoms with Crippen molar-refractivity contribution in [1.29, 1.82) is 0 Å². The summed E-state index contributed by atoms with van der Waals surface area (Å²) < 4.78 is 33.9. The van der Waals surface area contributed by atoms with Gasteiger partial charge in [0.15, 0.2) is 11.6 Å². The van der Waals surface area contributed by atoms with E-state index >= 15 is 0 Å². The first-order valence-electron chi connectivity index (χ1n) is 8.60. The number of halogens is 2. The van der Waals surface area contributed by atoms with Crippen LogP contribution in [-0.2, 0) is 0 Å². The van der Waals surface area contributed by atoms with Crippen LogP contribution >= 0.6 is 0 Å². The van der Waals surface area contributed by atoms with E-state index in [0.717, 1.165) is 44.1 Å². The molecule has 0 saturated heterocycles. The highest BCUT2D eigenvalue weighted by Crippen LogP contribution is 2.34. The van der Waals surface area contributed by atoms with E-state index in [4.69, 9.17) is 4.74 Å². The van der Waals surface area contributed by atoms with Gasteiger partial charge in [0.1, 0.15) is 0 Å². The molecule has 1 aliphatic carbocycles. The molecule has 0 aliphatic heterocycles. The van der Waals surface area contributed by atoms with Crippen molar-refractivity contribution in [1.82, 2.24) is 0 Å². The molecule has 23 heavy (non-hydrogen) atoms. The number of hydrogen-bond acceptors (Lipinski definition) is 1. The minimum Gasteiger partial charge on any atom is -0.490 e. The van der Waals surface area contributed by atoms with Crippen LogP contribution < -0.4 is 4.74 Å². The molecule has 0 amide bonds. The number of hydrogen-bond donors (Lipinski definition) is 0. The van der Waals surface area contributed by atoms with Crippen LogP contribution in [0, 0.1) is 17.6 Å². The number of rotatable bonds is 7. The molecule has 1 nitrogen and oxygen atoms in total. The maximum Gasteiger partial charge on any atom is 0.201 e. The van der Waals surface area contributed by atoms with Crippen molar-refractivity contribution in [3.63, 3.8) is 0 Å². The third-order valence-electron chi connectivity index (χ3n) is 4.31. The molecule has 0 heterocycles. The molecule has 0 fully saturated rings. The van der Waals surface area contributed by atoms with Crippen molar-refractivity contribution in [2.24, 2.45) is 5.92 Å². The van der Waals surface area contributed by atoms with E-state index in [1.807, 2.05) is 13.0 Å². The van der Waals surface area contributed by atoms with E-state index in [-0.39, 0.29) is 5.75 Å². The normalized spacial score (nSPS) is 18.3. The number of benzene rings is 1. The summed E-state index contributed by atoms with van der Waals surface area (Å²) in [6.45, 7) is 4.53. The molecule has 1 aromatic rings. The van der Waals surface area contributed by atoms with Crippen LogP contribution in [0.15, 0.2) is 30.4 Å². The Bertz CT molecular complexity index is 575. The van der Waals surface area contributed by atoms with Crippen molar-refractivity contribution in [3.05, 3.63) is 47.6 Å². The highest BCUT2D eigenvalue weighted by atomic mass is 19.2. The molecule has 126 valence electrons. The smallest absolute Gasteiger partial charge is 0.201 e. The van der Waals surface area contributed by atoms with Gasteiger partial charge in [-0.15, -0.1) is 0 Å². The van der Waals surface area contributed by atoms with Gasteiger partial charge in [0, 0.05) is 5.56 Å². The van der Waals surface area contributed by atoms with E-state index < -0.39 is 11.6 Å². The van der Waals surface area contributed by atoms with Gasteiger partial charge in [-0.25, -0.2) is 4.39 Å². The van der Waals surface area contributed by atoms with Gasteiger partial charge in [-0.05, 0) is 56.2 Å². The Morgan fingerprint density at radius 3 is 2.70 bits per heavy atom. The van der Waals surface area contributed by atoms with Crippen LogP contribution in [0.3, 0.4) is 0 Å². The summed E-state index contributed by atoms with van der Waals surface area (Å²) in [5, 5.41) is 0. The summed E-state index contributed by atoms with van der Waals surface area (Å²) in [5.41, 5.74) is 1.28. The van der Waals surface area contributed by atoms with Crippen molar-refractivity contribution in [2.75, 3.05) is 6.61 Å². The molecule has 1 aliphatic rings. The molecule has 0 spiro atoms. The minimum absolute atomic E-state index is 0.0190. The predicted molar refractivity (Wildman–Crippen MR) is 91.5 cm³/mol. The lowest BCUT2D eigenvalue weighted by molar-refractivity contribution is 0.286. The largest absolute Gasteiger partial charge is 0.490 e. The van der Waals surface area contributed by atoms with Gasteiger partial charge in [0.25, 0.3) is 0 Å². The van der Waals surface area contributed by atoms with Crippen LogP contribution in [0.1, 0.15) is 57.9 Å². The van der Waals surface area contributed by atoms with Crippen LogP contribution in [0.25, 0.3) is 5.57 Å². The molecular weight excluding hydrogens is 294 g/mol. The Morgan fingerprint density at radius 1 is 1.22 bits per heavy atom. The molecule has 1 atom stereocenters. The van der Waals surface area contributed by atoms with Gasteiger partial charge >= 0.3 is 0 Å². The maximum absolute atomic E-state index is 14.4. The topological polar surface area (TPSA) is 9.23 Å². The minimum atomic E-state index is -0.865. The molecular formula is C20H26F2O. The lowest BCUT2D eigenvalue weighted by Crippen LogP contribution is -2.06. The van der Waals surface area contributed by atoms with Crippen LogP contribution in [0.5, 0.6) is 5.75 Å². The molecule has 0 bridgehead atoms. The number of unbranched alkanes of at least 4 members (excludes halogenated alkanes) is 2. The third-order valence-corrected chi connectivity index (χ3v) is 4.31. The lowest BCUT2D eigenvalue weighted by atomic mass is 9.86. The first-order valence-corrected chi connectivity index (χ1v) is 8.60. The van der Waals surface area contributed by atoms with Gasteiger partial charge in [0.05, 0.1) is 6.61 Å². The number of ether oxygens (including phenoxy) is 1. The second-order valence-electron chi connectivity index (χ2n) is 6.08. The molecule has 2 rings (SSSR count). The van der Waals surface area contributed by atoms with E-state index in [9.17, 15) is 8.78 Å². The van der Waals surface area contributed by atoms with Crippen molar-refractivity contribution < 1.29 is 13.5 Å². The lowest BCUT2D eigenvalue weighted by Gasteiger charge is -2.20. The van der Waals surface area contributed by atoms with E-state index in [1.54, 1.807) is 12.1 Å². The Morgan fingerprint density at radius 2 is 2.04 bits per heavy atom. The molecule has 0 N–H and O–H groups in total. The Balaban J connectivity index is 2.08. The molecule has 0 aromatic heterocycles. The molecule has 0 saturated carbocycles. The highest BCUT2D eigenvalue weighted by Gasteiger charge is 2.20. The van der Waals surface area contributed by atoms with E-state index in [0.29, 0.717) is 18.1 Å². The fourth-order valence-corrected chi connectivity index (χ4v) is 2.97. The average Bonchev–Trinajstić information content (AvgIpc) is 2.57. The third kappa shape index (κ3) is 4.66. The zero-order valence-electron chi connectivity index (χ0n) is 14.1. The van der Waals surface area contributed by atoms with Crippen molar-refractivity contribution >= 4 is 5.57 Å². The summed E-state index contributed by atoms with van der Waals surface area (Å²) in [6, 6.07) is 3.20. The fourth-order valence-electron chi connectivity index (χ4n) is 2.97. The van der Waals surface area contributed by atoms with Gasteiger partial charge in [-0.2, -0.15) is 4.39 Å².